The Morgan fingerprint density at radius 2 is 1.91 bits per heavy atom. The average Bonchev–Trinajstić information content (AvgIpc) is 2.54. The summed E-state index contributed by atoms with van der Waals surface area (Å²) in [6.07, 6.45) is 0. The Morgan fingerprint density at radius 1 is 1.17 bits per heavy atom. The number of carbonyl (C=O) groups is 2. The number of ether oxygens (including phenoxy) is 1. The molecule has 1 heterocycles. The number of halogens is 1. The van der Waals surface area contributed by atoms with Gasteiger partial charge in [0.25, 0.3) is 0 Å². The lowest BCUT2D eigenvalue weighted by Crippen LogP contribution is -2.43. The number of rotatable bonds is 4. The van der Waals surface area contributed by atoms with E-state index in [1.54, 1.807) is 23.1 Å². The molecule has 0 aliphatic carbocycles. The van der Waals surface area contributed by atoms with Gasteiger partial charge in [-0.15, -0.1) is 0 Å². The second-order valence-corrected chi connectivity index (χ2v) is 5.57. The van der Waals surface area contributed by atoms with Crippen molar-refractivity contribution in [2.45, 2.75) is 6.54 Å². The molecule has 1 N–H and O–H groups in total. The molecule has 1 aliphatic rings. The minimum Gasteiger partial charge on any atom is -0.423 e. The fourth-order valence-corrected chi connectivity index (χ4v) is 2.61. The largest absolute Gasteiger partial charge is 0.423 e. The van der Waals surface area contributed by atoms with Gasteiger partial charge in [-0.2, -0.15) is 0 Å². The highest BCUT2D eigenvalue weighted by molar-refractivity contribution is 6.31. The number of amides is 1. The molecule has 23 heavy (non-hydrogen) atoms. The van der Waals surface area contributed by atoms with Gasteiger partial charge in [-0.3, -0.25) is 4.79 Å². The number of carbonyl (C=O) groups excluding carboxylic acids is 2. The molecule has 1 amide bonds. The summed E-state index contributed by atoms with van der Waals surface area (Å²) in [5.41, 5.74) is 1.58. The van der Waals surface area contributed by atoms with Crippen LogP contribution in [0, 0.1) is 0 Å². The van der Waals surface area contributed by atoms with Crippen molar-refractivity contribution in [3.05, 3.63) is 59.1 Å². The minimum atomic E-state index is -0.373. The van der Waals surface area contributed by atoms with Crippen molar-refractivity contribution in [2.24, 2.45) is 0 Å². The lowest BCUT2D eigenvalue weighted by molar-refractivity contribution is -0.133. The Kier molecular flexibility index (Phi) is 4.48. The van der Waals surface area contributed by atoms with E-state index in [1.807, 2.05) is 30.3 Å². The molecule has 2 aromatic carbocycles. The molecule has 0 saturated heterocycles. The van der Waals surface area contributed by atoms with Crippen LogP contribution in [0.25, 0.3) is 0 Å². The second kappa shape index (κ2) is 6.71. The molecule has 0 fully saturated rings. The van der Waals surface area contributed by atoms with Crippen molar-refractivity contribution in [3.8, 4) is 5.75 Å². The molecule has 1 aliphatic heterocycles. The van der Waals surface area contributed by atoms with E-state index in [9.17, 15) is 9.59 Å². The van der Waals surface area contributed by atoms with Crippen LogP contribution in [0.3, 0.4) is 0 Å². The third kappa shape index (κ3) is 3.63. The molecule has 0 unspecified atom stereocenters. The Bertz CT molecular complexity index is 748. The Labute approximate surface area is 138 Å². The highest BCUT2D eigenvalue weighted by Gasteiger charge is 2.25. The van der Waals surface area contributed by atoms with Gasteiger partial charge in [0.1, 0.15) is 6.54 Å². The van der Waals surface area contributed by atoms with E-state index >= 15 is 0 Å². The number of hydrogen-bond donors (Lipinski definition) is 1. The Morgan fingerprint density at radius 3 is 2.74 bits per heavy atom. The molecule has 2 aromatic rings. The number of benzene rings is 2. The summed E-state index contributed by atoms with van der Waals surface area (Å²) in [6.45, 7) is 0.478. The number of esters is 1. The van der Waals surface area contributed by atoms with Crippen molar-refractivity contribution < 1.29 is 14.3 Å². The van der Waals surface area contributed by atoms with Crippen LogP contribution in [0.5, 0.6) is 5.75 Å². The Balaban J connectivity index is 1.64. The van der Waals surface area contributed by atoms with Gasteiger partial charge in [0.05, 0.1) is 12.2 Å². The maximum Gasteiger partial charge on any atom is 0.331 e. The number of para-hydroxylation sites is 2. The fourth-order valence-electron chi connectivity index (χ4n) is 2.41. The third-order valence-electron chi connectivity index (χ3n) is 3.52. The van der Waals surface area contributed by atoms with Crippen molar-refractivity contribution in [1.29, 1.82) is 0 Å². The first-order valence-corrected chi connectivity index (χ1v) is 7.56. The molecule has 0 bridgehead atoms. The van der Waals surface area contributed by atoms with E-state index in [0.29, 0.717) is 17.3 Å². The van der Waals surface area contributed by atoms with Crippen LogP contribution in [0.15, 0.2) is 48.5 Å². The van der Waals surface area contributed by atoms with E-state index in [1.165, 1.54) is 0 Å². The second-order valence-electron chi connectivity index (χ2n) is 5.17. The lowest BCUT2D eigenvalue weighted by atomic mass is 10.2. The molecule has 6 heteroatoms. The van der Waals surface area contributed by atoms with Gasteiger partial charge < -0.3 is 15.0 Å². The topological polar surface area (TPSA) is 58.6 Å². The summed E-state index contributed by atoms with van der Waals surface area (Å²) in [5, 5.41) is 3.43. The Hall–Kier alpha value is -2.53. The lowest BCUT2D eigenvalue weighted by Gasteiger charge is -2.29. The maximum absolute atomic E-state index is 12.2. The van der Waals surface area contributed by atoms with Crippen LogP contribution < -0.4 is 15.0 Å². The number of hydrogen-bond acceptors (Lipinski definition) is 4. The SMILES string of the molecule is O=C(CN1CC(=O)Oc2ccccc21)NCc1ccccc1Cl. The first-order chi connectivity index (χ1) is 11.1. The van der Waals surface area contributed by atoms with Crippen LogP contribution in [-0.2, 0) is 16.1 Å². The van der Waals surface area contributed by atoms with Crippen LogP contribution >= 0.6 is 11.6 Å². The summed E-state index contributed by atoms with van der Waals surface area (Å²) in [7, 11) is 0. The van der Waals surface area contributed by atoms with Crippen molar-refractivity contribution in [3.63, 3.8) is 0 Å². The molecule has 5 nitrogen and oxygen atoms in total. The highest BCUT2D eigenvalue weighted by atomic mass is 35.5. The minimum absolute atomic E-state index is 0.0521. The van der Waals surface area contributed by atoms with Gasteiger partial charge in [0.2, 0.25) is 5.91 Å². The summed E-state index contributed by atoms with van der Waals surface area (Å²) in [4.78, 5) is 25.5. The van der Waals surface area contributed by atoms with Gasteiger partial charge >= 0.3 is 5.97 Å². The molecule has 0 saturated carbocycles. The zero-order chi connectivity index (χ0) is 16.2. The summed E-state index contributed by atoms with van der Waals surface area (Å²) in [6, 6.07) is 14.5. The fraction of sp³-hybridized carbons (Fsp3) is 0.176. The van der Waals surface area contributed by atoms with Crippen molar-refractivity contribution >= 4 is 29.2 Å². The first-order valence-electron chi connectivity index (χ1n) is 7.18. The zero-order valence-electron chi connectivity index (χ0n) is 12.3. The van der Waals surface area contributed by atoms with Gasteiger partial charge in [0.15, 0.2) is 5.75 Å². The summed E-state index contributed by atoms with van der Waals surface area (Å²) >= 11 is 6.06. The molecule has 3 rings (SSSR count). The molecule has 0 aromatic heterocycles. The normalized spacial score (nSPS) is 13.3. The van der Waals surface area contributed by atoms with Crippen molar-refractivity contribution in [2.75, 3.05) is 18.0 Å². The maximum atomic E-state index is 12.2. The number of fused-ring (bicyclic) bond motifs is 1. The zero-order valence-corrected chi connectivity index (χ0v) is 13.0. The van der Waals surface area contributed by atoms with Gasteiger partial charge in [-0.1, -0.05) is 41.9 Å². The van der Waals surface area contributed by atoms with Crippen LogP contribution in [0.4, 0.5) is 5.69 Å². The smallest absolute Gasteiger partial charge is 0.331 e. The molecular formula is C17H15ClN2O3. The van der Waals surface area contributed by atoms with E-state index in [2.05, 4.69) is 5.32 Å². The van der Waals surface area contributed by atoms with Gasteiger partial charge in [0, 0.05) is 11.6 Å². The molecule has 0 spiro atoms. The summed E-state index contributed by atoms with van der Waals surface area (Å²) in [5.74, 6) is -0.0836. The standard InChI is InChI=1S/C17H15ClN2O3/c18-13-6-2-1-5-12(13)9-19-16(21)10-20-11-17(22)23-15-8-4-3-7-14(15)20/h1-8H,9-11H2,(H,19,21). The number of nitrogens with one attached hydrogen (secondary N) is 1. The van der Waals surface area contributed by atoms with Crippen LogP contribution in [-0.4, -0.2) is 25.0 Å². The van der Waals surface area contributed by atoms with E-state index in [0.717, 1.165) is 11.3 Å². The molecule has 118 valence electrons. The first kappa shape index (κ1) is 15.4. The monoisotopic (exact) mass is 330 g/mol. The molecule has 0 atom stereocenters. The third-order valence-corrected chi connectivity index (χ3v) is 3.89. The summed E-state index contributed by atoms with van der Waals surface area (Å²) < 4.78 is 5.16. The van der Waals surface area contributed by atoms with Crippen molar-refractivity contribution in [1.82, 2.24) is 5.32 Å². The van der Waals surface area contributed by atoms with Gasteiger partial charge in [-0.25, -0.2) is 4.79 Å². The predicted octanol–water partition coefficient (Wildman–Crippen LogP) is 2.38. The van der Waals surface area contributed by atoms with Crippen LogP contribution in [0.1, 0.15) is 5.56 Å². The average molecular weight is 331 g/mol. The quantitative estimate of drug-likeness (QED) is 0.691. The predicted molar refractivity (Wildman–Crippen MR) is 87.6 cm³/mol. The highest BCUT2D eigenvalue weighted by Crippen LogP contribution is 2.30. The molecular weight excluding hydrogens is 316 g/mol. The number of nitrogens with zero attached hydrogens (tertiary/aromatic N) is 1. The van der Waals surface area contributed by atoms with E-state index < -0.39 is 0 Å². The van der Waals surface area contributed by atoms with E-state index in [4.69, 9.17) is 16.3 Å². The molecule has 0 radical (unpaired) electrons. The number of anilines is 1. The van der Waals surface area contributed by atoms with Gasteiger partial charge in [-0.05, 0) is 23.8 Å². The van der Waals surface area contributed by atoms with E-state index in [-0.39, 0.29) is 25.0 Å². The van der Waals surface area contributed by atoms with Crippen LogP contribution in [0.2, 0.25) is 5.02 Å².